The zero-order valence-electron chi connectivity index (χ0n) is 27.5. The Morgan fingerprint density at radius 1 is 0.864 bits per heavy atom. The van der Waals surface area contributed by atoms with E-state index in [1.165, 1.54) is 12.8 Å². The second-order valence-corrected chi connectivity index (χ2v) is 13.3. The fraction of sp³-hybridized carbons (Fsp3) is 0.714. The number of aliphatic carboxylic acids is 1. The van der Waals surface area contributed by atoms with Crippen molar-refractivity contribution < 1.29 is 43.0 Å². The Morgan fingerprint density at radius 2 is 1.43 bits per heavy atom. The number of piperidine rings is 1. The van der Waals surface area contributed by atoms with E-state index >= 15 is 0 Å². The number of rotatable bonds is 16. The maximum atomic E-state index is 12.8. The Bertz CT molecular complexity index is 1130. The summed E-state index contributed by atoms with van der Waals surface area (Å²) in [5, 5.41) is 9.02. The Balaban J connectivity index is 1.52. The SMILES string of the molecule is CCC(=O)Oc1ccc(CC[N+]2(C)C(C)CC(OC(=O)CCCC3(CCCC(=O)O)CCCC3)CC2C)cc1OC(=O)CC. The highest BCUT2D eigenvalue weighted by atomic mass is 16.6. The summed E-state index contributed by atoms with van der Waals surface area (Å²) in [7, 11) is 2.26. The number of carbonyl (C=O) groups is 4. The maximum absolute atomic E-state index is 12.8. The topological polar surface area (TPSA) is 116 Å². The lowest BCUT2D eigenvalue weighted by atomic mass is 9.77. The molecule has 9 heteroatoms. The van der Waals surface area contributed by atoms with Crippen molar-refractivity contribution >= 4 is 23.9 Å². The van der Waals surface area contributed by atoms with Crippen LogP contribution >= 0.6 is 0 Å². The van der Waals surface area contributed by atoms with E-state index in [1.807, 2.05) is 6.07 Å². The van der Waals surface area contributed by atoms with E-state index in [-0.39, 0.29) is 72.3 Å². The van der Waals surface area contributed by atoms with Gasteiger partial charge in [0.1, 0.15) is 6.10 Å². The lowest BCUT2D eigenvalue weighted by Crippen LogP contribution is -2.62. The van der Waals surface area contributed by atoms with Crippen molar-refractivity contribution in [3.05, 3.63) is 23.8 Å². The number of carboxylic acid groups (broad SMARTS) is 1. The van der Waals surface area contributed by atoms with Gasteiger partial charge in [-0.1, -0.05) is 32.8 Å². The zero-order chi connectivity index (χ0) is 32.3. The van der Waals surface area contributed by atoms with E-state index < -0.39 is 5.97 Å². The van der Waals surface area contributed by atoms with Crippen LogP contribution in [-0.4, -0.2) is 65.2 Å². The first kappa shape index (κ1) is 35.5. The molecule has 0 radical (unpaired) electrons. The van der Waals surface area contributed by atoms with Gasteiger partial charge in [-0.2, -0.15) is 0 Å². The van der Waals surface area contributed by atoms with Gasteiger partial charge < -0.3 is 23.8 Å². The minimum absolute atomic E-state index is 0.0951. The summed E-state index contributed by atoms with van der Waals surface area (Å²) in [6.07, 6.45) is 11.4. The Hall–Kier alpha value is -2.94. The molecule has 1 heterocycles. The zero-order valence-corrected chi connectivity index (χ0v) is 27.5. The van der Waals surface area contributed by atoms with Gasteiger partial charge in [-0.25, -0.2) is 0 Å². The number of carbonyl (C=O) groups excluding carboxylic acids is 3. The highest BCUT2D eigenvalue weighted by molar-refractivity contribution is 5.76. The van der Waals surface area contributed by atoms with Crippen molar-refractivity contribution in [2.24, 2.45) is 5.41 Å². The van der Waals surface area contributed by atoms with E-state index in [9.17, 15) is 19.2 Å². The van der Waals surface area contributed by atoms with Crippen LogP contribution in [0.2, 0.25) is 0 Å². The summed E-state index contributed by atoms with van der Waals surface area (Å²) in [6, 6.07) is 5.98. The third-order valence-corrected chi connectivity index (χ3v) is 10.3. The Morgan fingerprint density at radius 3 is 2.00 bits per heavy atom. The van der Waals surface area contributed by atoms with Gasteiger partial charge in [0.2, 0.25) is 0 Å². The molecule has 2 aliphatic rings. The van der Waals surface area contributed by atoms with Crippen LogP contribution in [-0.2, 0) is 30.3 Å². The second-order valence-electron chi connectivity index (χ2n) is 13.3. The summed E-state index contributed by atoms with van der Waals surface area (Å²) in [5.41, 5.74) is 1.19. The van der Waals surface area contributed by atoms with Crippen LogP contribution in [0.4, 0.5) is 0 Å². The fourth-order valence-electron chi connectivity index (χ4n) is 7.16. The third kappa shape index (κ3) is 10.0. The number of likely N-dealkylation sites (tertiary alicyclic amines) is 1. The molecule has 9 nitrogen and oxygen atoms in total. The normalized spacial score (nSPS) is 24.4. The van der Waals surface area contributed by atoms with E-state index in [4.69, 9.17) is 19.3 Å². The number of ether oxygens (including phenoxy) is 3. The van der Waals surface area contributed by atoms with Crippen molar-refractivity contribution in [1.82, 2.24) is 0 Å². The van der Waals surface area contributed by atoms with Crippen LogP contribution in [0.15, 0.2) is 18.2 Å². The molecule has 1 aliphatic heterocycles. The molecular weight excluding hydrogens is 562 g/mol. The molecule has 0 spiro atoms. The van der Waals surface area contributed by atoms with Crippen LogP contribution in [0.1, 0.15) is 123 Å². The summed E-state index contributed by atoms with van der Waals surface area (Å²) in [6.45, 7) is 8.74. The molecule has 1 aromatic carbocycles. The van der Waals surface area contributed by atoms with Gasteiger partial charge in [0, 0.05) is 44.9 Å². The number of quaternary nitrogens is 1. The largest absolute Gasteiger partial charge is 0.481 e. The highest BCUT2D eigenvalue weighted by Crippen LogP contribution is 2.46. The highest BCUT2D eigenvalue weighted by Gasteiger charge is 2.43. The van der Waals surface area contributed by atoms with Gasteiger partial charge in [-0.05, 0) is 75.5 Å². The molecule has 1 N–H and O–H groups in total. The molecule has 0 aromatic heterocycles. The number of benzene rings is 1. The van der Waals surface area contributed by atoms with Gasteiger partial charge in [0.05, 0.1) is 25.7 Å². The first-order valence-electron chi connectivity index (χ1n) is 16.7. The molecule has 44 heavy (non-hydrogen) atoms. The Kier molecular flexibility index (Phi) is 13.2. The molecule has 2 fully saturated rings. The standard InChI is InChI=1S/C35H53NO8/c1-6-32(39)43-29-15-14-27(24-30(29)44-33(40)7-2)16-21-36(5)25(3)22-28(23-26(36)4)42-34(41)13-11-20-35(17-8-9-18-35)19-10-12-31(37)38/h14-15,24-26,28H,6-13,16-23H2,1-5H3/p+1. The summed E-state index contributed by atoms with van der Waals surface area (Å²) < 4.78 is 17.7. The number of hydrogen-bond acceptors (Lipinski definition) is 7. The lowest BCUT2D eigenvalue weighted by molar-refractivity contribution is -0.958. The average Bonchev–Trinajstić information content (AvgIpc) is 3.44. The van der Waals surface area contributed by atoms with Gasteiger partial charge in [-0.3, -0.25) is 19.2 Å². The van der Waals surface area contributed by atoms with Crippen molar-refractivity contribution in [2.75, 3.05) is 13.6 Å². The molecule has 1 aliphatic carbocycles. The van der Waals surface area contributed by atoms with Crippen LogP contribution in [0.3, 0.4) is 0 Å². The van der Waals surface area contributed by atoms with Gasteiger partial charge in [-0.15, -0.1) is 0 Å². The van der Waals surface area contributed by atoms with E-state index in [0.29, 0.717) is 12.8 Å². The monoisotopic (exact) mass is 616 g/mol. The number of hydrogen-bond donors (Lipinski definition) is 1. The predicted molar refractivity (Wildman–Crippen MR) is 167 cm³/mol. The number of nitrogens with zero attached hydrogens (tertiary/aromatic N) is 1. The van der Waals surface area contributed by atoms with Crippen molar-refractivity contribution in [3.8, 4) is 11.5 Å². The van der Waals surface area contributed by atoms with Gasteiger partial charge >= 0.3 is 23.9 Å². The molecule has 246 valence electrons. The van der Waals surface area contributed by atoms with Crippen molar-refractivity contribution in [3.63, 3.8) is 0 Å². The minimum atomic E-state index is -0.735. The molecule has 0 bridgehead atoms. The molecular formula is C35H54NO8+. The number of carboxylic acids is 1. The molecule has 0 amide bonds. The van der Waals surface area contributed by atoms with Gasteiger partial charge in [0.15, 0.2) is 11.5 Å². The second kappa shape index (κ2) is 16.4. The molecule has 2 atom stereocenters. The molecule has 1 saturated carbocycles. The number of esters is 3. The lowest BCUT2D eigenvalue weighted by Gasteiger charge is -2.50. The van der Waals surface area contributed by atoms with E-state index in [2.05, 4.69) is 20.9 Å². The fourth-order valence-corrected chi connectivity index (χ4v) is 7.16. The van der Waals surface area contributed by atoms with Crippen LogP contribution < -0.4 is 9.47 Å². The predicted octanol–water partition coefficient (Wildman–Crippen LogP) is 6.77. The van der Waals surface area contributed by atoms with Crippen molar-refractivity contribution in [2.45, 2.75) is 142 Å². The van der Waals surface area contributed by atoms with Crippen LogP contribution in [0.25, 0.3) is 0 Å². The molecule has 1 saturated heterocycles. The van der Waals surface area contributed by atoms with E-state index in [1.54, 1.807) is 26.0 Å². The quantitative estimate of drug-likeness (QED) is 0.123. The van der Waals surface area contributed by atoms with Crippen LogP contribution in [0, 0.1) is 5.41 Å². The summed E-state index contributed by atoms with van der Waals surface area (Å²) in [4.78, 5) is 47.7. The van der Waals surface area contributed by atoms with Crippen molar-refractivity contribution in [1.29, 1.82) is 0 Å². The third-order valence-electron chi connectivity index (χ3n) is 10.3. The average molecular weight is 617 g/mol. The number of likely N-dealkylation sites (N-methyl/N-ethyl adjacent to an activating group) is 1. The van der Waals surface area contributed by atoms with Crippen LogP contribution in [0.5, 0.6) is 11.5 Å². The Labute approximate surface area is 263 Å². The van der Waals surface area contributed by atoms with Gasteiger partial charge in [0.25, 0.3) is 0 Å². The molecule has 3 rings (SSSR count). The molecule has 1 aromatic rings. The first-order valence-corrected chi connectivity index (χ1v) is 16.7. The first-order chi connectivity index (χ1) is 20.9. The molecule has 2 unspecified atom stereocenters. The maximum Gasteiger partial charge on any atom is 0.311 e. The minimum Gasteiger partial charge on any atom is -0.481 e. The smallest absolute Gasteiger partial charge is 0.311 e. The summed E-state index contributed by atoms with van der Waals surface area (Å²) >= 11 is 0. The van der Waals surface area contributed by atoms with E-state index in [0.717, 1.165) is 68.0 Å². The summed E-state index contributed by atoms with van der Waals surface area (Å²) in [5.74, 6) is -1.11.